The Morgan fingerprint density at radius 2 is 2.05 bits per heavy atom. The van der Waals surface area contributed by atoms with E-state index in [0.29, 0.717) is 25.2 Å². The van der Waals surface area contributed by atoms with Gasteiger partial charge in [-0.1, -0.05) is 6.42 Å². The van der Waals surface area contributed by atoms with Gasteiger partial charge in [0.25, 0.3) is 0 Å². The molecule has 0 aromatic carbocycles. The summed E-state index contributed by atoms with van der Waals surface area (Å²) in [7, 11) is 1.71. The van der Waals surface area contributed by atoms with E-state index in [2.05, 4.69) is 10.2 Å². The molecular formula is C15H28N4O2. The predicted octanol–water partition coefficient (Wildman–Crippen LogP) is -0.0733. The first-order valence-corrected chi connectivity index (χ1v) is 8.07. The lowest BCUT2D eigenvalue weighted by atomic mass is 9.99. The van der Waals surface area contributed by atoms with Crippen LogP contribution in [0, 0.1) is 0 Å². The number of nitrogens with zero attached hydrogens (tertiary/aromatic N) is 2. The average Bonchev–Trinajstić information content (AvgIpc) is 3.24. The molecular weight excluding hydrogens is 268 g/mol. The second-order valence-electron chi connectivity index (χ2n) is 6.29. The van der Waals surface area contributed by atoms with E-state index in [4.69, 9.17) is 5.73 Å². The highest BCUT2D eigenvalue weighted by Gasteiger charge is 2.27. The Bertz CT molecular complexity index is 369. The minimum atomic E-state index is -0.0505. The van der Waals surface area contributed by atoms with Crippen LogP contribution < -0.4 is 11.1 Å². The molecule has 2 aliphatic rings. The van der Waals surface area contributed by atoms with Gasteiger partial charge in [0.05, 0.1) is 13.1 Å². The third kappa shape index (κ3) is 5.28. The number of amides is 2. The number of piperidine rings is 1. The normalized spacial score (nSPS) is 22.9. The van der Waals surface area contributed by atoms with Gasteiger partial charge in [-0.05, 0) is 45.2 Å². The lowest BCUT2D eigenvalue weighted by molar-refractivity contribution is -0.136. The van der Waals surface area contributed by atoms with E-state index >= 15 is 0 Å². The van der Waals surface area contributed by atoms with Crippen LogP contribution in [0.3, 0.4) is 0 Å². The monoisotopic (exact) mass is 296 g/mol. The van der Waals surface area contributed by atoms with Gasteiger partial charge in [-0.25, -0.2) is 0 Å². The number of likely N-dealkylation sites (N-methyl/N-ethyl adjacent to an activating group) is 1. The van der Waals surface area contributed by atoms with Crippen molar-refractivity contribution in [3.63, 3.8) is 0 Å². The van der Waals surface area contributed by atoms with Crippen LogP contribution >= 0.6 is 0 Å². The summed E-state index contributed by atoms with van der Waals surface area (Å²) in [5.41, 5.74) is 5.66. The SMILES string of the molecule is CN(CC(=O)NC1CC1)C(=O)CN1CCCCC1CCN. The molecule has 120 valence electrons. The van der Waals surface area contributed by atoms with E-state index in [0.717, 1.165) is 38.6 Å². The van der Waals surface area contributed by atoms with Crippen molar-refractivity contribution in [2.24, 2.45) is 5.73 Å². The second kappa shape index (κ2) is 7.75. The Kier molecular flexibility index (Phi) is 5.99. The molecule has 0 aromatic rings. The molecule has 0 bridgehead atoms. The van der Waals surface area contributed by atoms with E-state index in [9.17, 15) is 9.59 Å². The highest BCUT2D eigenvalue weighted by atomic mass is 16.2. The van der Waals surface area contributed by atoms with E-state index < -0.39 is 0 Å². The Balaban J connectivity index is 1.76. The Morgan fingerprint density at radius 1 is 1.29 bits per heavy atom. The van der Waals surface area contributed by atoms with Crippen molar-refractivity contribution in [2.75, 3.05) is 33.2 Å². The molecule has 2 fully saturated rings. The molecule has 1 aliphatic heterocycles. The van der Waals surface area contributed by atoms with Crippen LogP contribution in [0.15, 0.2) is 0 Å². The molecule has 1 saturated carbocycles. The molecule has 0 radical (unpaired) electrons. The molecule has 21 heavy (non-hydrogen) atoms. The maximum atomic E-state index is 12.3. The van der Waals surface area contributed by atoms with Crippen molar-refractivity contribution in [3.8, 4) is 0 Å². The van der Waals surface area contributed by atoms with Crippen molar-refractivity contribution in [3.05, 3.63) is 0 Å². The number of rotatable bonds is 7. The summed E-state index contributed by atoms with van der Waals surface area (Å²) in [4.78, 5) is 27.8. The van der Waals surface area contributed by atoms with E-state index in [1.165, 1.54) is 11.3 Å². The molecule has 3 N–H and O–H groups in total. The van der Waals surface area contributed by atoms with E-state index in [-0.39, 0.29) is 18.4 Å². The topological polar surface area (TPSA) is 78.7 Å². The third-order valence-corrected chi connectivity index (χ3v) is 4.34. The second-order valence-corrected chi connectivity index (χ2v) is 6.29. The van der Waals surface area contributed by atoms with Gasteiger partial charge >= 0.3 is 0 Å². The molecule has 1 saturated heterocycles. The number of likely N-dealkylation sites (tertiary alicyclic amines) is 1. The minimum Gasteiger partial charge on any atom is -0.352 e. The van der Waals surface area contributed by atoms with Gasteiger partial charge in [0.1, 0.15) is 0 Å². The first-order chi connectivity index (χ1) is 10.1. The molecule has 2 amide bonds. The Hall–Kier alpha value is -1.14. The van der Waals surface area contributed by atoms with Gasteiger partial charge in [-0.3, -0.25) is 14.5 Å². The zero-order valence-electron chi connectivity index (χ0n) is 13.0. The Morgan fingerprint density at radius 3 is 2.71 bits per heavy atom. The fraction of sp³-hybridized carbons (Fsp3) is 0.867. The lowest BCUT2D eigenvalue weighted by Crippen LogP contribution is -2.48. The van der Waals surface area contributed by atoms with E-state index in [1.807, 2.05) is 0 Å². The number of hydrogen-bond acceptors (Lipinski definition) is 4. The van der Waals surface area contributed by atoms with Crippen molar-refractivity contribution in [1.82, 2.24) is 15.1 Å². The summed E-state index contributed by atoms with van der Waals surface area (Å²) >= 11 is 0. The quantitative estimate of drug-likeness (QED) is 0.689. The first-order valence-electron chi connectivity index (χ1n) is 8.07. The molecule has 1 unspecified atom stereocenters. The third-order valence-electron chi connectivity index (χ3n) is 4.34. The van der Waals surface area contributed by atoms with E-state index in [1.54, 1.807) is 7.05 Å². The molecule has 6 heteroatoms. The maximum Gasteiger partial charge on any atom is 0.239 e. The average molecular weight is 296 g/mol. The number of nitrogens with two attached hydrogens (primary N) is 1. The fourth-order valence-corrected chi connectivity index (χ4v) is 2.89. The summed E-state index contributed by atoms with van der Waals surface area (Å²) < 4.78 is 0. The maximum absolute atomic E-state index is 12.3. The molecule has 6 nitrogen and oxygen atoms in total. The smallest absolute Gasteiger partial charge is 0.239 e. The summed E-state index contributed by atoms with van der Waals surface area (Å²) in [6.45, 7) is 2.18. The minimum absolute atomic E-state index is 0.0184. The number of hydrogen-bond donors (Lipinski definition) is 2. The van der Waals surface area contributed by atoms with Crippen molar-refractivity contribution in [2.45, 2.75) is 50.6 Å². The van der Waals surface area contributed by atoms with Crippen molar-refractivity contribution in [1.29, 1.82) is 0 Å². The summed E-state index contributed by atoms with van der Waals surface area (Å²) in [5, 5.41) is 2.91. The van der Waals surface area contributed by atoms with Gasteiger partial charge in [0, 0.05) is 19.1 Å². The number of carbonyl (C=O) groups is 2. The highest BCUT2D eigenvalue weighted by molar-refractivity contribution is 5.85. The van der Waals surface area contributed by atoms with Crippen LogP contribution in [0.5, 0.6) is 0 Å². The highest BCUT2D eigenvalue weighted by Crippen LogP contribution is 2.19. The molecule has 1 aliphatic carbocycles. The molecule has 0 spiro atoms. The predicted molar refractivity (Wildman–Crippen MR) is 81.7 cm³/mol. The fourth-order valence-electron chi connectivity index (χ4n) is 2.89. The summed E-state index contributed by atoms with van der Waals surface area (Å²) in [6, 6.07) is 0.762. The molecule has 2 rings (SSSR count). The van der Waals surface area contributed by atoms with Crippen LogP contribution in [0.2, 0.25) is 0 Å². The first kappa shape index (κ1) is 16.2. The zero-order valence-corrected chi connectivity index (χ0v) is 13.0. The van der Waals surface area contributed by atoms with Gasteiger partial charge in [0.2, 0.25) is 11.8 Å². The number of nitrogens with one attached hydrogen (secondary N) is 1. The standard InChI is InChI=1S/C15H28N4O2/c1-18(10-14(20)17-12-5-6-12)15(21)11-19-9-3-2-4-13(19)7-8-16/h12-13H,2-11,16H2,1H3,(H,17,20). The van der Waals surface area contributed by atoms with Crippen molar-refractivity contribution >= 4 is 11.8 Å². The van der Waals surface area contributed by atoms with Crippen LogP contribution in [-0.4, -0.2) is 66.9 Å². The van der Waals surface area contributed by atoms with Crippen LogP contribution in [0.1, 0.15) is 38.5 Å². The van der Waals surface area contributed by atoms with Gasteiger partial charge in [-0.15, -0.1) is 0 Å². The molecule has 0 aromatic heterocycles. The largest absolute Gasteiger partial charge is 0.352 e. The van der Waals surface area contributed by atoms with Crippen LogP contribution in [0.25, 0.3) is 0 Å². The lowest BCUT2D eigenvalue weighted by Gasteiger charge is -2.35. The molecule has 1 heterocycles. The number of carbonyl (C=O) groups excluding carboxylic acids is 2. The van der Waals surface area contributed by atoms with Crippen LogP contribution in [0.4, 0.5) is 0 Å². The summed E-state index contributed by atoms with van der Waals surface area (Å²) in [5.74, 6) is -0.0321. The van der Waals surface area contributed by atoms with Gasteiger partial charge in [-0.2, -0.15) is 0 Å². The Labute approximate surface area is 127 Å². The van der Waals surface area contributed by atoms with Gasteiger partial charge < -0.3 is 16.0 Å². The van der Waals surface area contributed by atoms with Crippen molar-refractivity contribution < 1.29 is 9.59 Å². The molecule has 1 atom stereocenters. The summed E-state index contributed by atoms with van der Waals surface area (Å²) in [6.07, 6.45) is 6.56. The zero-order chi connectivity index (χ0) is 15.2. The van der Waals surface area contributed by atoms with Gasteiger partial charge in [0.15, 0.2) is 0 Å². The van der Waals surface area contributed by atoms with Crippen LogP contribution in [-0.2, 0) is 9.59 Å².